The molecule has 1 aliphatic carbocycles. The van der Waals surface area contributed by atoms with Gasteiger partial charge in [0, 0.05) is 16.7 Å². The topological polar surface area (TPSA) is 68.9 Å². The first-order valence-electron chi connectivity index (χ1n) is 6.83. The van der Waals surface area contributed by atoms with Crippen molar-refractivity contribution in [2.45, 2.75) is 0 Å². The Hall–Kier alpha value is -3.15. The maximum atomic E-state index is 13.5. The molecular formula is C17H9F2N3O. The van der Waals surface area contributed by atoms with Gasteiger partial charge in [-0.15, -0.1) is 0 Å². The van der Waals surface area contributed by atoms with Gasteiger partial charge in [0.2, 0.25) is 5.95 Å². The Balaban J connectivity index is 2.03. The molecule has 0 atom stereocenters. The zero-order valence-corrected chi connectivity index (χ0v) is 11.7. The zero-order chi connectivity index (χ0) is 16.1. The SMILES string of the molecule is Nc1nc(-c2ccc(F)c(F)c2)c2c(n1)-c1ccccc1C2=O. The Bertz CT molecular complexity index is 986. The molecule has 0 spiro atoms. The molecule has 6 heteroatoms. The predicted octanol–water partition coefficient (Wildman–Crippen LogP) is 3.22. The standard InChI is InChI=1S/C17H9F2N3O/c18-11-6-5-8(7-12(11)19)14-13-15(22-17(20)21-14)9-3-1-2-4-10(9)16(13)23/h1-7H,(H2,20,21,22). The lowest BCUT2D eigenvalue weighted by molar-refractivity contribution is 0.104. The number of aromatic nitrogens is 2. The summed E-state index contributed by atoms with van der Waals surface area (Å²) >= 11 is 0. The van der Waals surface area contributed by atoms with Crippen LogP contribution in [0, 0.1) is 11.6 Å². The number of carbonyl (C=O) groups excluding carboxylic acids is 1. The highest BCUT2D eigenvalue weighted by atomic mass is 19.2. The van der Waals surface area contributed by atoms with Crippen LogP contribution < -0.4 is 5.73 Å². The van der Waals surface area contributed by atoms with Gasteiger partial charge in [-0.1, -0.05) is 24.3 Å². The Labute approximate surface area is 129 Å². The van der Waals surface area contributed by atoms with Crippen molar-refractivity contribution in [2.75, 3.05) is 5.73 Å². The first-order valence-corrected chi connectivity index (χ1v) is 6.83. The second kappa shape index (κ2) is 4.67. The number of nitrogens with zero attached hydrogens (tertiary/aromatic N) is 2. The first-order chi connectivity index (χ1) is 11.1. The number of nitrogen functional groups attached to an aromatic ring is 1. The van der Waals surface area contributed by atoms with Crippen LogP contribution in [0.2, 0.25) is 0 Å². The maximum Gasteiger partial charge on any atom is 0.221 e. The van der Waals surface area contributed by atoms with E-state index in [0.29, 0.717) is 16.8 Å². The first kappa shape index (κ1) is 13.5. The van der Waals surface area contributed by atoms with Crippen LogP contribution in [0.15, 0.2) is 42.5 Å². The molecule has 0 aliphatic heterocycles. The fraction of sp³-hybridized carbons (Fsp3) is 0. The van der Waals surface area contributed by atoms with Gasteiger partial charge in [-0.3, -0.25) is 4.79 Å². The van der Waals surface area contributed by atoms with Gasteiger partial charge in [-0.2, -0.15) is 0 Å². The van der Waals surface area contributed by atoms with Crippen LogP contribution in [0.25, 0.3) is 22.5 Å². The van der Waals surface area contributed by atoms with Crippen molar-refractivity contribution in [1.29, 1.82) is 0 Å². The molecule has 2 aromatic carbocycles. The molecule has 4 nitrogen and oxygen atoms in total. The van der Waals surface area contributed by atoms with Crippen molar-refractivity contribution >= 4 is 11.7 Å². The van der Waals surface area contributed by atoms with E-state index in [1.165, 1.54) is 6.07 Å². The molecule has 0 saturated heterocycles. The maximum absolute atomic E-state index is 13.5. The summed E-state index contributed by atoms with van der Waals surface area (Å²) in [5.41, 5.74) is 8.03. The molecule has 0 fully saturated rings. The minimum Gasteiger partial charge on any atom is -0.368 e. The normalized spacial score (nSPS) is 12.2. The molecule has 1 aromatic heterocycles. The number of hydrogen-bond donors (Lipinski definition) is 1. The average molecular weight is 309 g/mol. The zero-order valence-electron chi connectivity index (χ0n) is 11.7. The van der Waals surface area contributed by atoms with Crippen LogP contribution >= 0.6 is 0 Å². The highest BCUT2D eigenvalue weighted by Gasteiger charge is 2.32. The minimum absolute atomic E-state index is 0.0343. The third-order valence-corrected chi connectivity index (χ3v) is 3.77. The molecule has 0 amide bonds. The molecule has 23 heavy (non-hydrogen) atoms. The van der Waals surface area contributed by atoms with Crippen molar-refractivity contribution in [2.24, 2.45) is 0 Å². The Morgan fingerprint density at radius 2 is 1.57 bits per heavy atom. The Morgan fingerprint density at radius 1 is 0.870 bits per heavy atom. The largest absolute Gasteiger partial charge is 0.368 e. The van der Waals surface area contributed by atoms with Crippen LogP contribution in [0.1, 0.15) is 15.9 Å². The minimum atomic E-state index is -1.02. The Morgan fingerprint density at radius 3 is 2.30 bits per heavy atom. The molecule has 0 saturated carbocycles. The number of nitrogens with two attached hydrogens (primary N) is 1. The molecule has 112 valence electrons. The molecule has 1 aliphatic rings. The fourth-order valence-electron chi connectivity index (χ4n) is 2.76. The second-order valence-electron chi connectivity index (χ2n) is 5.16. The number of halogens is 2. The van der Waals surface area contributed by atoms with Crippen LogP contribution in [-0.2, 0) is 0 Å². The van der Waals surface area contributed by atoms with Crippen LogP contribution in [0.3, 0.4) is 0 Å². The fourth-order valence-corrected chi connectivity index (χ4v) is 2.76. The number of anilines is 1. The molecular weight excluding hydrogens is 300 g/mol. The van der Waals surface area contributed by atoms with Crippen molar-refractivity contribution in [3.63, 3.8) is 0 Å². The predicted molar refractivity (Wildman–Crippen MR) is 80.7 cm³/mol. The number of carbonyl (C=O) groups is 1. The molecule has 0 radical (unpaired) electrons. The van der Waals surface area contributed by atoms with Gasteiger partial charge in [0.1, 0.15) is 0 Å². The van der Waals surface area contributed by atoms with Crippen molar-refractivity contribution in [3.8, 4) is 22.5 Å². The summed E-state index contributed by atoms with van der Waals surface area (Å²) in [5, 5.41) is 0. The molecule has 2 N–H and O–H groups in total. The Kier molecular flexibility index (Phi) is 2.74. The van der Waals surface area contributed by atoms with E-state index in [4.69, 9.17) is 5.73 Å². The quantitative estimate of drug-likeness (QED) is 0.586. The van der Waals surface area contributed by atoms with Gasteiger partial charge in [0.05, 0.1) is 17.0 Å². The van der Waals surface area contributed by atoms with E-state index in [2.05, 4.69) is 9.97 Å². The van der Waals surface area contributed by atoms with Crippen molar-refractivity contribution < 1.29 is 13.6 Å². The average Bonchev–Trinajstić information content (AvgIpc) is 2.83. The van der Waals surface area contributed by atoms with Crippen molar-refractivity contribution in [1.82, 2.24) is 9.97 Å². The highest BCUT2D eigenvalue weighted by molar-refractivity contribution is 6.23. The third kappa shape index (κ3) is 1.92. The summed E-state index contributed by atoms with van der Waals surface area (Å²) in [6.07, 6.45) is 0. The lowest BCUT2D eigenvalue weighted by atomic mass is 10.0. The van der Waals surface area contributed by atoms with Crippen LogP contribution in [-0.4, -0.2) is 15.8 Å². The summed E-state index contributed by atoms with van der Waals surface area (Å²) in [6.45, 7) is 0. The molecule has 0 bridgehead atoms. The van der Waals surface area contributed by atoms with Gasteiger partial charge in [-0.05, 0) is 18.2 Å². The summed E-state index contributed by atoms with van der Waals surface area (Å²) < 4.78 is 26.7. The third-order valence-electron chi connectivity index (χ3n) is 3.77. The van der Waals surface area contributed by atoms with Gasteiger partial charge < -0.3 is 5.73 Å². The van der Waals surface area contributed by atoms with E-state index in [9.17, 15) is 13.6 Å². The van der Waals surface area contributed by atoms with E-state index in [-0.39, 0.29) is 28.6 Å². The summed E-state index contributed by atoms with van der Waals surface area (Å²) in [4.78, 5) is 20.9. The highest BCUT2D eigenvalue weighted by Crippen LogP contribution is 2.39. The molecule has 3 aromatic rings. The number of hydrogen-bond acceptors (Lipinski definition) is 4. The van der Waals surface area contributed by atoms with E-state index >= 15 is 0 Å². The summed E-state index contributed by atoms with van der Waals surface area (Å²) in [7, 11) is 0. The second-order valence-corrected chi connectivity index (χ2v) is 5.16. The van der Waals surface area contributed by atoms with Gasteiger partial charge in [-0.25, -0.2) is 18.7 Å². The van der Waals surface area contributed by atoms with Gasteiger partial charge >= 0.3 is 0 Å². The van der Waals surface area contributed by atoms with Crippen LogP contribution in [0.5, 0.6) is 0 Å². The van der Waals surface area contributed by atoms with Crippen molar-refractivity contribution in [3.05, 3.63) is 65.2 Å². The van der Waals surface area contributed by atoms with Gasteiger partial charge in [0.15, 0.2) is 17.4 Å². The number of ketones is 1. The molecule has 4 rings (SSSR count). The summed E-state index contributed by atoms with van der Waals surface area (Å²) in [6, 6.07) is 10.3. The van der Waals surface area contributed by atoms with E-state index in [1.54, 1.807) is 24.3 Å². The smallest absolute Gasteiger partial charge is 0.221 e. The van der Waals surface area contributed by atoms with E-state index in [1.807, 2.05) is 0 Å². The van der Waals surface area contributed by atoms with E-state index < -0.39 is 11.6 Å². The lowest BCUT2D eigenvalue weighted by Crippen LogP contribution is -2.05. The monoisotopic (exact) mass is 309 g/mol. The lowest BCUT2D eigenvalue weighted by Gasteiger charge is -2.08. The number of benzene rings is 2. The van der Waals surface area contributed by atoms with Gasteiger partial charge in [0.25, 0.3) is 0 Å². The van der Waals surface area contributed by atoms with E-state index in [0.717, 1.165) is 12.1 Å². The number of fused-ring (bicyclic) bond motifs is 3. The number of rotatable bonds is 1. The van der Waals surface area contributed by atoms with Crippen LogP contribution in [0.4, 0.5) is 14.7 Å². The summed E-state index contributed by atoms with van der Waals surface area (Å²) in [5.74, 6) is -2.28. The molecule has 1 heterocycles. The molecule has 0 unspecified atom stereocenters.